The normalized spacial score (nSPS) is 18.9. The molecule has 35 heavy (non-hydrogen) atoms. The van der Waals surface area contributed by atoms with Crippen LogP contribution in [0.3, 0.4) is 0 Å². The minimum atomic E-state index is -0.627. The molecule has 3 amide bonds. The average molecular weight is 485 g/mol. The van der Waals surface area contributed by atoms with Crippen molar-refractivity contribution in [3.05, 3.63) is 64.7 Å². The maximum absolute atomic E-state index is 14.2. The maximum atomic E-state index is 14.2. The predicted molar refractivity (Wildman–Crippen MR) is 123 cm³/mol. The Kier molecular flexibility index (Phi) is 6.14. The number of anilines is 1. The van der Waals surface area contributed by atoms with Gasteiger partial charge in [0.2, 0.25) is 0 Å². The van der Waals surface area contributed by atoms with Crippen molar-refractivity contribution >= 4 is 23.4 Å². The maximum Gasteiger partial charge on any atom is 0.317 e. The molecule has 184 valence electrons. The molecule has 2 fully saturated rings. The van der Waals surface area contributed by atoms with Gasteiger partial charge in [-0.05, 0) is 48.7 Å². The first-order valence-electron chi connectivity index (χ1n) is 11.6. The molecule has 0 unspecified atom stereocenters. The number of halogens is 2. The lowest BCUT2D eigenvalue weighted by molar-refractivity contribution is -0.00353. The summed E-state index contributed by atoms with van der Waals surface area (Å²) in [5.41, 5.74) is 1.07. The number of ketones is 1. The molecule has 3 aliphatic rings. The molecule has 3 N–H and O–H groups in total. The Morgan fingerprint density at radius 1 is 1.11 bits per heavy atom. The third-order valence-corrected chi connectivity index (χ3v) is 6.88. The minimum Gasteiger partial charge on any atom is -0.378 e. The van der Waals surface area contributed by atoms with Gasteiger partial charge in [0.05, 0.1) is 24.8 Å². The molecule has 5 rings (SSSR count). The third-order valence-electron chi connectivity index (χ3n) is 6.88. The first kappa shape index (κ1) is 23.2. The molecule has 0 aromatic heterocycles. The molecule has 2 aromatic rings. The number of carbonyl (C=O) groups excluding carboxylic acids is 3. The third kappa shape index (κ3) is 4.84. The van der Waals surface area contributed by atoms with Crippen molar-refractivity contribution < 1.29 is 27.9 Å². The zero-order valence-corrected chi connectivity index (χ0v) is 19.0. The van der Waals surface area contributed by atoms with Gasteiger partial charge in [0, 0.05) is 42.8 Å². The van der Waals surface area contributed by atoms with Crippen LogP contribution in [0.15, 0.2) is 36.4 Å². The summed E-state index contributed by atoms with van der Waals surface area (Å²) < 4.78 is 32.7. The van der Waals surface area contributed by atoms with E-state index in [2.05, 4.69) is 16.0 Å². The number of benzene rings is 2. The molecule has 0 bridgehead atoms. The van der Waals surface area contributed by atoms with Gasteiger partial charge in [0.15, 0.2) is 5.78 Å². The Morgan fingerprint density at radius 2 is 1.89 bits per heavy atom. The van der Waals surface area contributed by atoms with Crippen LogP contribution < -0.4 is 16.0 Å². The van der Waals surface area contributed by atoms with Crippen molar-refractivity contribution in [2.24, 2.45) is 0 Å². The lowest BCUT2D eigenvalue weighted by atomic mass is 9.78. The molecule has 2 saturated heterocycles. The highest BCUT2D eigenvalue weighted by molar-refractivity contribution is 6.04. The van der Waals surface area contributed by atoms with E-state index >= 15 is 0 Å². The first-order valence-corrected chi connectivity index (χ1v) is 11.6. The fourth-order valence-corrected chi connectivity index (χ4v) is 4.76. The molecule has 8 nitrogen and oxygen atoms in total. The number of nitrogens with one attached hydrogen (secondary N) is 3. The second-order valence-electron chi connectivity index (χ2n) is 9.36. The first-order chi connectivity index (χ1) is 16.8. The zero-order valence-electron chi connectivity index (χ0n) is 19.0. The van der Waals surface area contributed by atoms with Crippen molar-refractivity contribution in [1.82, 2.24) is 15.5 Å². The van der Waals surface area contributed by atoms with Gasteiger partial charge in [0.1, 0.15) is 11.6 Å². The van der Waals surface area contributed by atoms with E-state index in [1.807, 2.05) is 0 Å². The molecule has 2 aromatic carbocycles. The fraction of sp³-hybridized carbons (Fsp3) is 0.400. The summed E-state index contributed by atoms with van der Waals surface area (Å²) in [6, 6.07) is 7.96. The molecule has 1 spiro atoms. The van der Waals surface area contributed by atoms with Crippen LogP contribution in [0.1, 0.15) is 45.5 Å². The number of nitrogens with zero attached hydrogens (tertiary/aromatic N) is 1. The summed E-state index contributed by atoms with van der Waals surface area (Å²) in [7, 11) is 0. The van der Waals surface area contributed by atoms with Crippen LogP contribution >= 0.6 is 0 Å². The highest BCUT2D eigenvalue weighted by atomic mass is 19.1. The lowest BCUT2D eigenvalue weighted by Gasteiger charge is -2.45. The standard InChI is InChI=1S/C25H26F2N4O4/c26-16-2-4-21-19(10-16)22(32)11-25(30-21)5-7-31(8-6-25)24(34)28-12-15-1-3-20(27)18(9-15)23(33)29-17-13-35-14-17/h1-4,9-10,17,30H,5-8,11-14H2,(H,28,34)(H,29,33). The molecular formula is C25H26F2N4O4. The van der Waals surface area contributed by atoms with Crippen LogP contribution in [0.25, 0.3) is 0 Å². The van der Waals surface area contributed by atoms with Gasteiger partial charge >= 0.3 is 6.03 Å². The number of likely N-dealkylation sites (tertiary alicyclic amines) is 1. The summed E-state index contributed by atoms with van der Waals surface area (Å²) in [6.07, 6.45) is 1.41. The average Bonchev–Trinajstić information content (AvgIpc) is 2.81. The number of fused-ring (bicyclic) bond motifs is 1. The number of rotatable bonds is 4. The molecule has 0 radical (unpaired) electrons. The van der Waals surface area contributed by atoms with E-state index in [0.717, 1.165) is 0 Å². The number of piperidine rings is 1. The van der Waals surface area contributed by atoms with Crippen LogP contribution in [-0.2, 0) is 11.3 Å². The second-order valence-corrected chi connectivity index (χ2v) is 9.36. The monoisotopic (exact) mass is 484 g/mol. The van der Waals surface area contributed by atoms with Crippen LogP contribution in [0, 0.1) is 11.6 Å². The Labute approximate surface area is 201 Å². The molecule has 0 saturated carbocycles. The van der Waals surface area contributed by atoms with Crippen LogP contribution in [0.2, 0.25) is 0 Å². The van der Waals surface area contributed by atoms with Crippen molar-refractivity contribution in [1.29, 1.82) is 0 Å². The Morgan fingerprint density at radius 3 is 2.60 bits per heavy atom. The van der Waals surface area contributed by atoms with Gasteiger partial charge in [-0.3, -0.25) is 9.59 Å². The van der Waals surface area contributed by atoms with E-state index in [1.165, 1.54) is 30.3 Å². The second kappa shape index (κ2) is 9.26. The number of hydrogen-bond acceptors (Lipinski definition) is 5. The van der Waals surface area contributed by atoms with Crippen molar-refractivity contribution in [2.75, 3.05) is 31.6 Å². The molecular weight excluding hydrogens is 458 g/mol. The van der Waals surface area contributed by atoms with Gasteiger partial charge in [0.25, 0.3) is 5.91 Å². The van der Waals surface area contributed by atoms with Crippen molar-refractivity contribution in [2.45, 2.75) is 37.4 Å². The molecule has 10 heteroatoms. The molecule has 0 atom stereocenters. The Hall–Kier alpha value is -3.53. The summed E-state index contributed by atoms with van der Waals surface area (Å²) in [6.45, 7) is 1.86. The van der Waals surface area contributed by atoms with E-state index in [9.17, 15) is 23.2 Å². The van der Waals surface area contributed by atoms with Gasteiger partial charge < -0.3 is 25.6 Å². The van der Waals surface area contributed by atoms with E-state index < -0.39 is 23.1 Å². The number of carbonyl (C=O) groups is 3. The van der Waals surface area contributed by atoms with Crippen LogP contribution in [0.4, 0.5) is 19.3 Å². The van der Waals surface area contributed by atoms with Crippen molar-refractivity contribution in [3.63, 3.8) is 0 Å². The van der Waals surface area contributed by atoms with Gasteiger partial charge in [-0.25, -0.2) is 13.6 Å². The molecule has 3 aliphatic heterocycles. The summed E-state index contributed by atoms with van der Waals surface area (Å²) in [5.74, 6) is -1.68. The summed E-state index contributed by atoms with van der Waals surface area (Å²) in [4.78, 5) is 39.3. The number of hydrogen-bond donors (Lipinski definition) is 3. The quantitative estimate of drug-likeness (QED) is 0.620. The van der Waals surface area contributed by atoms with Crippen LogP contribution in [0.5, 0.6) is 0 Å². The summed E-state index contributed by atoms with van der Waals surface area (Å²) >= 11 is 0. The fourth-order valence-electron chi connectivity index (χ4n) is 4.76. The lowest BCUT2D eigenvalue weighted by Crippen LogP contribution is -2.55. The van der Waals surface area contributed by atoms with Gasteiger partial charge in [-0.1, -0.05) is 6.07 Å². The van der Waals surface area contributed by atoms with Gasteiger partial charge in [-0.15, -0.1) is 0 Å². The SMILES string of the molecule is O=C(NC1COC1)c1cc(CNC(=O)N2CCC3(CC2)CC(=O)c2cc(F)ccc2N3)ccc1F. The number of Topliss-reactive ketones (excluding diaryl/α,β-unsaturated/α-hetero) is 1. The predicted octanol–water partition coefficient (Wildman–Crippen LogP) is 2.84. The Bertz CT molecular complexity index is 1180. The minimum absolute atomic E-state index is 0.0724. The highest BCUT2D eigenvalue weighted by Gasteiger charge is 2.41. The zero-order chi connectivity index (χ0) is 24.6. The summed E-state index contributed by atoms with van der Waals surface area (Å²) in [5, 5.41) is 8.94. The largest absolute Gasteiger partial charge is 0.378 e. The molecule has 3 heterocycles. The number of ether oxygens (including phenoxy) is 1. The smallest absolute Gasteiger partial charge is 0.317 e. The van der Waals surface area contributed by atoms with E-state index in [4.69, 9.17) is 4.74 Å². The van der Waals surface area contributed by atoms with Gasteiger partial charge in [-0.2, -0.15) is 0 Å². The number of amides is 3. The highest BCUT2D eigenvalue weighted by Crippen LogP contribution is 2.37. The number of urea groups is 1. The van der Waals surface area contributed by atoms with E-state index in [1.54, 1.807) is 11.0 Å². The topological polar surface area (TPSA) is 99.8 Å². The Balaban J connectivity index is 1.16. The molecule has 0 aliphatic carbocycles. The van der Waals surface area contributed by atoms with Crippen molar-refractivity contribution in [3.8, 4) is 0 Å². The van der Waals surface area contributed by atoms with Crippen LogP contribution in [-0.4, -0.2) is 60.5 Å². The van der Waals surface area contributed by atoms with E-state index in [0.29, 0.717) is 56.0 Å². The van der Waals surface area contributed by atoms with E-state index in [-0.39, 0.29) is 36.4 Å².